The standard InChI is InChI=1S/C15H24N2O2/c1-2-19-14-9-6-8-13(15(14)16)17-10-5-3-4-7-12(17)11-18/h6,8-9,12,18H,2-5,7,10-11,16H2,1H3. The van der Waals surface area contributed by atoms with E-state index in [0.29, 0.717) is 12.3 Å². The molecule has 1 saturated heterocycles. The molecule has 1 atom stereocenters. The fourth-order valence-corrected chi connectivity index (χ4v) is 2.75. The predicted molar refractivity (Wildman–Crippen MR) is 78.7 cm³/mol. The van der Waals surface area contributed by atoms with Gasteiger partial charge in [-0.15, -0.1) is 0 Å². The first-order chi connectivity index (χ1) is 9.27. The number of anilines is 2. The number of benzene rings is 1. The molecule has 4 nitrogen and oxygen atoms in total. The summed E-state index contributed by atoms with van der Waals surface area (Å²) in [7, 11) is 0. The minimum atomic E-state index is 0.168. The number of para-hydroxylation sites is 1. The molecule has 19 heavy (non-hydrogen) atoms. The third-order valence-electron chi connectivity index (χ3n) is 3.74. The van der Waals surface area contributed by atoms with Crippen molar-refractivity contribution in [1.82, 2.24) is 0 Å². The first kappa shape index (κ1) is 14.0. The Morgan fingerprint density at radius 3 is 2.95 bits per heavy atom. The summed E-state index contributed by atoms with van der Waals surface area (Å²) in [6.45, 7) is 3.69. The van der Waals surface area contributed by atoms with Gasteiger partial charge in [0, 0.05) is 6.54 Å². The number of aliphatic hydroxyl groups is 1. The van der Waals surface area contributed by atoms with E-state index >= 15 is 0 Å². The molecule has 3 N–H and O–H groups in total. The highest BCUT2D eigenvalue weighted by molar-refractivity contribution is 5.74. The quantitative estimate of drug-likeness (QED) is 0.820. The molecule has 1 aliphatic rings. The monoisotopic (exact) mass is 264 g/mol. The second-order valence-corrected chi connectivity index (χ2v) is 5.00. The van der Waals surface area contributed by atoms with Crippen molar-refractivity contribution in [2.75, 3.05) is 30.4 Å². The van der Waals surface area contributed by atoms with E-state index in [-0.39, 0.29) is 12.6 Å². The summed E-state index contributed by atoms with van der Waals surface area (Å²) in [4.78, 5) is 2.24. The Kier molecular flexibility index (Phi) is 4.91. The second kappa shape index (κ2) is 6.66. The van der Waals surface area contributed by atoms with E-state index in [9.17, 15) is 5.11 Å². The number of nitrogens with two attached hydrogens (primary N) is 1. The Bertz CT molecular complexity index is 409. The van der Waals surface area contributed by atoms with Crippen LogP contribution in [-0.4, -0.2) is 30.9 Å². The van der Waals surface area contributed by atoms with Gasteiger partial charge in [-0.25, -0.2) is 0 Å². The van der Waals surface area contributed by atoms with Crippen molar-refractivity contribution in [1.29, 1.82) is 0 Å². The zero-order valence-electron chi connectivity index (χ0n) is 11.6. The Morgan fingerprint density at radius 2 is 2.21 bits per heavy atom. The highest BCUT2D eigenvalue weighted by Crippen LogP contribution is 2.35. The molecule has 0 spiro atoms. The number of nitrogen functional groups attached to an aromatic ring is 1. The normalized spacial score (nSPS) is 20.1. The third-order valence-corrected chi connectivity index (χ3v) is 3.74. The first-order valence-electron chi connectivity index (χ1n) is 7.16. The lowest BCUT2D eigenvalue weighted by Crippen LogP contribution is -2.38. The molecule has 1 aromatic rings. The molecule has 0 aliphatic carbocycles. The van der Waals surface area contributed by atoms with E-state index < -0.39 is 0 Å². The molecule has 0 radical (unpaired) electrons. The SMILES string of the molecule is CCOc1cccc(N2CCCCCC2CO)c1N. The summed E-state index contributed by atoms with van der Waals surface area (Å²) in [5.74, 6) is 0.737. The van der Waals surface area contributed by atoms with Crippen molar-refractivity contribution < 1.29 is 9.84 Å². The summed E-state index contributed by atoms with van der Waals surface area (Å²) < 4.78 is 5.55. The molecular formula is C15H24N2O2. The number of hydrogen-bond acceptors (Lipinski definition) is 4. The van der Waals surface area contributed by atoms with Gasteiger partial charge >= 0.3 is 0 Å². The average molecular weight is 264 g/mol. The maximum Gasteiger partial charge on any atom is 0.144 e. The smallest absolute Gasteiger partial charge is 0.144 e. The van der Waals surface area contributed by atoms with Gasteiger partial charge in [0.15, 0.2) is 0 Å². The molecule has 106 valence electrons. The van der Waals surface area contributed by atoms with Crippen molar-refractivity contribution >= 4 is 11.4 Å². The van der Waals surface area contributed by atoms with Crippen LogP contribution >= 0.6 is 0 Å². The van der Waals surface area contributed by atoms with Gasteiger partial charge in [0.1, 0.15) is 5.75 Å². The van der Waals surface area contributed by atoms with Crippen molar-refractivity contribution in [3.8, 4) is 5.75 Å². The van der Waals surface area contributed by atoms with Gasteiger partial charge in [0.05, 0.1) is 30.6 Å². The third kappa shape index (κ3) is 3.13. The van der Waals surface area contributed by atoms with E-state index in [1.54, 1.807) is 0 Å². The highest BCUT2D eigenvalue weighted by Gasteiger charge is 2.23. The second-order valence-electron chi connectivity index (χ2n) is 5.00. The summed E-state index contributed by atoms with van der Waals surface area (Å²) in [6, 6.07) is 6.05. The highest BCUT2D eigenvalue weighted by atomic mass is 16.5. The van der Waals surface area contributed by atoms with Gasteiger partial charge in [0.25, 0.3) is 0 Å². The van der Waals surface area contributed by atoms with Crippen LogP contribution in [0.2, 0.25) is 0 Å². The Labute approximate surface area is 115 Å². The topological polar surface area (TPSA) is 58.7 Å². The van der Waals surface area contributed by atoms with Gasteiger partial charge in [-0.1, -0.05) is 18.9 Å². The molecule has 1 fully saturated rings. The maximum atomic E-state index is 9.60. The molecular weight excluding hydrogens is 240 g/mol. The van der Waals surface area contributed by atoms with Crippen LogP contribution in [0.1, 0.15) is 32.6 Å². The van der Waals surface area contributed by atoms with Crippen LogP contribution in [0.25, 0.3) is 0 Å². The van der Waals surface area contributed by atoms with Crippen molar-refractivity contribution in [2.24, 2.45) is 0 Å². The van der Waals surface area contributed by atoms with Crippen LogP contribution < -0.4 is 15.4 Å². The fraction of sp³-hybridized carbons (Fsp3) is 0.600. The summed E-state index contributed by atoms with van der Waals surface area (Å²) >= 11 is 0. The molecule has 1 aliphatic heterocycles. The van der Waals surface area contributed by atoms with Crippen LogP contribution in [0, 0.1) is 0 Å². The zero-order chi connectivity index (χ0) is 13.7. The zero-order valence-corrected chi connectivity index (χ0v) is 11.6. The van der Waals surface area contributed by atoms with Gasteiger partial charge in [-0.2, -0.15) is 0 Å². The summed E-state index contributed by atoms with van der Waals surface area (Å²) in [5, 5.41) is 9.60. The molecule has 1 unspecified atom stereocenters. The molecule has 1 aromatic carbocycles. The number of nitrogens with zero attached hydrogens (tertiary/aromatic N) is 1. The summed E-state index contributed by atoms with van der Waals surface area (Å²) in [6.07, 6.45) is 4.56. The van der Waals surface area contributed by atoms with Crippen LogP contribution in [0.4, 0.5) is 11.4 Å². The Hall–Kier alpha value is -1.42. The van der Waals surface area contributed by atoms with E-state index in [1.807, 2.05) is 25.1 Å². The van der Waals surface area contributed by atoms with E-state index in [4.69, 9.17) is 10.5 Å². The van der Waals surface area contributed by atoms with Gasteiger partial charge in [-0.3, -0.25) is 0 Å². The maximum absolute atomic E-state index is 9.60. The first-order valence-corrected chi connectivity index (χ1v) is 7.16. The minimum absolute atomic E-state index is 0.168. The van der Waals surface area contributed by atoms with Crippen molar-refractivity contribution in [3.05, 3.63) is 18.2 Å². The fourth-order valence-electron chi connectivity index (χ4n) is 2.75. The van der Waals surface area contributed by atoms with Crippen molar-refractivity contribution in [3.63, 3.8) is 0 Å². The van der Waals surface area contributed by atoms with E-state index in [2.05, 4.69) is 4.90 Å². The van der Waals surface area contributed by atoms with Gasteiger partial charge < -0.3 is 20.5 Å². The lowest BCUT2D eigenvalue weighted by Gasteiger charge is -2.32. The van der Waals surface area contributed by atoms with Crippen LogP contribution in [0.15, 0.2) is 18.2 Å². The number of rotatable bonds is 4. The predicted octanol–water partition coefficient (Wildman–Crippen LogP) is 2.41. The van der Waals surface area contributed by atoms with Crippen molar-refractivity contribution in [2.45, 2.75) is 38.6 Å². The largest absolute Gasteiger partial charge is 0.492 e. The number of hydrogen-bond donors (Lipinski definition) is 2. The lowest BCUT2D eigenvalue weighted by molar-refractivity contribution is 0.255. The van der Waals surface area contributed by atoms with E-state index in [1.165, 1.54) is 12.8 Å². The number of aliphatic hydroxyl groups excluding tert-OH is 1. The van der Waals surface area contributed by atoms with Crippen LogP contribution in [0.5, 0.6) is 5.75 Å². The van der Waals surface area contributed by atoms with E-state index in [0.717, 1.165) is 30.8 Å². The van der Waals surface area contributed by atoms with Crippen LogP contribution in [-0.2, 0) is 0 Å². The molecule has 0 amide bonds. The molecule has 4 heteroatoms. The molecule has 2 rings (SSSR count). The molecule has 0 aromatic heterocycles. The summed E-state index contributed by atoms with van der Waals surface area (Å²) in [5.41, 5.74) is 7.90. The van der Waals surface area contributed by atoms with Crippen LogP contribution in [0.3, 0.4) is 0 Å². The molecule has 0 bridgehead atoms. The minimum Gasteiger partial charge on any atom is -0.492 e. The molecule has 0 saturated carbocycles. The Morgan fingerprint density at radius 1 is 1.37 bits per heavy atom. The molecule has 1 heterocycles. The Balaban J connectivity index is 2.30. The van der Waals surface area contributed by atoms with Gasteiger partial charge in [0.2, 0.25) is 0 Å². The van der Waals surface area contributed by atoms with Gasteiger partial charge in [-0.05, 0) is 31.9 Å². The number of ether oxygens (including phenoxy) is 1. The lowest BCUT2D eigenvalue weighted by atomic mass is 10.1. The average Bonchev–Trinajstić information content (AvgIpc) is 2.66.